The predicted molar refractivity (Wildman–Crippen MR) is 152 cm³/mol. The molecule has 3 aliphatic heterocycles. The predicted octanol–water partition coefficient (Wildman–Crippen LogP) is 2.66. The van der Waals surface area contributed by atoms with Gasteiger partial charge in [-0.3, -0.25) is 25.0 Å². The van der Waals surface area contributed by atoms with Gasteiger partial charge in [0, 0.05) is 44.5 Å². The lowest BCUT2D eigenvalue weighted by Gasteiger charge is -2.51. The summed E-state index contributed by atoms with van der Waals surface area (Å²) in [7, 11) is 0. The first kappa shape index (κ1) is 29.8. The number of hydrogen-bond donors (Lipinski definition) is 3. The van der Waals surface area contributed by atoms with Crippen molar-refractivity contribution in [3.63, 3.8) is 0 Å². The summed E-state index contributed by atoms with van der Waals surface area (Å²) in [6.07, 6.45) is 6.94. The second-order valence-electron chi connectivity index (χ2n) is 10.5. The van der Waals surface area contributed by atoms with Crippen molar-refractivity contribution in [1.82, 2.24) is 30.5 Å². The van der Waals surface area contributed by atoms with Gasteiger partial charge in [0.15, 0.2) is 11.7 Å². The molecule has 1 aromatic rings. The lowest BCUT2D eigenvalue weighted by atomic mass is 9.91. The van der Waals surface area contributed by atoms with Gasteiger partial charge in [-0.05, 0) is 43.0 Å². The number of nitrogens with one attached hydrogen (secondary N) is 1. The number of aliphatic hydroxyl groups excluding tert-OH is 1. The molecule has 220 valence electrons. The molecular formula is C28H43FN8O3. The summed E-state index contributed by atoms with van der Waals surface area (Å²) in [5.41, 5.74) is 8.91. The molecule has 11 nitrogen and oxygen atoms in total. The van der Waals surface area contributed by atoms with Crippen molar-refractivity contribution in [3.8, 4) is 0 Å². The summed E-state index contributed by atoms with van der Waals surface area (Å²) in [5.74, 6) is 0.205. The Morgan fingerprint density at radius 3 is 2.50 bits per heavy atom. The van der Waals surface area contributed by atoms with Crippen molar-refractivity contribution >= 4 is 23.5 Å². The number of anilines is 1. The molecule has 12 heteroatoms. The van der Waals surface area contributed by atoms with Gasteiger partial charge in [0.05, 0.1) is 12.6 Å². The number of urea groups is 1. The molecule has 1 fully saturated rings. The molecule has 0 bridgehead atoms. The zero-order valence-electron chi connectivity index (χ0n) is 23.8. The summed E-state index contributed by atoms with van der Waals surface area (Å²) >= 11 is 0. The summed E-state index contributed by atoms with van der Waals surface area (Å²) in [5, 5.41) is 14.1. The number of nitrogen functional groups attached to an aromatic ring is 1. The van der Waals surface area contributed by atoms with Crippen LogP contribution in [0.15, 0.2) is 41.5 Å². The number of likely N-dealkylation sites (N-methyl/N-ethyl adjacent to an activating group) is 1. The molecule has 40 heavy (non-hydrogen) atoms. The van der Waals surface area contributed by atoms with E-state index in [1.165, 1.54) is 11.1 Å². The average molecular weight is 559 g/mol. The van der Waals surface area contributed by atoms with E-state index in [0.29, 0.717) is 55.7 Å². The second-order valence-corrected chi connectivity index (χ2v) is 10.5. The molecule has 0 radical (unpaired) electrons. The number of carbonyl (C=O) groups is 2. The number of nitrogens with two attached hydrogens (primary N) is 1. The summed E-state index contributed by atoms with van der Waals surface area (Å²) < 4.78 is 14.5. The van der Waals surface area contributed by atoms with Crippen LogP contribution >= 0.6 is 0 Å². The van der Waals surface area contributed by atoms with Crippen molar-refractivity contribution in [2.75, 3.05) is 38.5 Å². The fourth-order valence-electron chi connectivity index (χ4n) is 5.88. The average Bonchev–Trinajstić information content (AvgIpc) is 3.51. The number of imide groups is 1. The molecule has 1 aromatic carbocycles. The first-order chi connectivity index (χ1) is 19.3. The van der Waals surface area contributed by atoms with E-state index < -0.39 is 17.7 Å². The number of fused-ring (bicyclic) bond motifs is 1. The third-order valence-corrected chi connectivity index (χ3v) is 8.04. The molecule has 0 saturated carbocycles. The standard InChI is InChI=1S/C28H43FN8O3/c1-4-7-8-16-34-26(39)25-28(5-2,35(27(34)40)17-14-21-9-11-22(30)12-10-21)32-24(20-23-13-15-31-37(23)29)36(25)33(6-3)18-19-38/h9-13,15,23,25,31,38H,4-8,14,16-20,30H2,1-3H3. The van der Waals surface area contributed by atoms with Crippen molar-refractivity contribution in [2.45, 2.75) is 77.0 Å². The number of amides is 3. The van der Waals surface area contributed by atoms with Crippen LogP contribution in [0, 0.1) is 0 Å². The van der Waals surface area contributed by atoms with Crippen LogP contribution in [0.1, 0.15) is 58.4 Å². The highest BCUT2D eigenvalue weighted by molar-refractivity contribution is 6.05. The van der Waals surface area contributed by atoms with E-state index in [2.05, 4.69) is 12.3 Å². The molecule has 4 rings (SSSR count). The first-order valence-corrected chi connectivity index (χ1v) is 14.4. The maximum atomic E-state index is 14.5. The molecule has 3 heterocycles. The fourth-order valence-corrected chi connectivity index (χ4v) is 5.88. The third-order valence-electron chi connectivity index (χ3n) is 8.04. The first-order valence-electron chi connectivity index (χ1n) is 14.4. The number of nitrogens with zero attached hydrogens (tertiary/aromatic N) is 6. The highest BCUT2D eigenvalue weighted by Crippen LogP contribution is 2.42. The lowest BCUT2D eigenvalue weighted by Crippen LogP contribution is -2.74. The highest BCUT2D eigenvalue weighted by Gasteiger charge is 2.63. The minimum absolute atomic E-state index is 0.127. The van der Waals surface area contributed by atoms with Crippen LogP contribution in [0.25, 0.3) is 0 Å². The summed E-state index contributed by atoms with van der Waals surface area (Å²) in [4.78, 5) is 36.6. The normalized spacial score (nSPS) is 24.8. The second kappa shape index (κ2) is 13.0. The molecule has 0 aromatic heterocycles. The van der Waals surface area contributed by atoms with Gasteiger partial charge in [0.2, 0.25) is 0 Å². The monoisotopic (exact) mass is 558 g/mol. The number of hydrogen-bond acceptors (Lipinski definition) is 9. The van der Waals surface area contributed by atoms with E-state index in [1.54, 1.807) is 11.0 Å². The Hall–Kier alpha value is -3.22. The van der Waals surface area contributed by atoms with Crippen LogP contribution < -0.4 is 11.2 Å². The van der Waals surface area contributed by atoms with E-state index in [-0.39, 0.29) is 31.5 Å². The Morgan fingerprint density at radius 2 is 1.90 bits per heavy atom. The van der Waals surface area contributed by atoms with Crippen LogP contribution in [-0.2, 0) is 11.2 Å². The van der Waals surface area contributed by atoms with Crippen LogP contribution in [0.3, 0.4) is 0 Å². The van der Waals surface area contributed by atoms with Crippen LogP contribution in [0.4, 0.5) is 15.0 Å². The van der Waals surface area contributed by atoms with Gasteiger partial charge < -0.3 is 10.8 Å². The molecular weight excluding hydrogens is 515 g/mol. The third kappa shape index (κ3) is 5.65. The fraction of sp³-hybridized carbons (Fsp3) is 0.607. The number of amidine groups is 1. The molecule has 1 saturated heterocycles. The topological polar surface area (TPSA) is 121 Å². The minimum Gasteiger partial charge on any atom is -0.399 e. The van der Waals surface area contributed by atoms with Crippen LogP contribution in [0.5, 0.6) is 0 Å². The molecule has 4 N–H and O–H groups in total. The molecule has 3 atom stereocenters. The molecule has 3 unspecified atom stereocenters. The quantitative estimate of drug-likeness (QED) is 0.181. The van der Waals surface area contributed by atoms with Gasteiger partial charge >= 0.3 is 6.03 Å². The Morgan fingerprint density at radius 1 is 1.15 bits per heavy atom. The van der Waals surface area contributed by atoms with E-state index >= 15 is 0 Å². The van der Waals surface area contributed by atoms with Crippen molar-refractivity contribution in [1.29, 1.82) is 0 Å². The van der Waals surface area contributed by atoms with Gasteiger partial charge in [-0.25, -0.2) is 14.8 Å². The summed E-state index contributed by atoms with van der Waals surface area (Å²) in [6.45, 7) is 7.26. The number of halogens is 1. The number of hydrazine groups is 2. The van der Waals surface area contributed by atoms with Crippen LogP contribution in [-0.4, -0.2) is 98.5 Å². The van der Waals surface area contributed by atoms with E-state index in [0.717, 1.165) is 18.4 Å². The zero-order chi connectivity index (χ0) is 28.9. The Bertz CT molecular complexity index is 1100. The number of benzene rings is 1. The number of unbranched alkanes of at least 4 members (excludes halogenated alkanes) is 2. The maximum Gasteiger partial charge on any atom is 0.328 e. The van der Waals surface area contributed by atoms with Gasteiger partial charge in [0.1, 0.15) is 5.84 Å². The lowest BCUT2D eigenvalue weighted by molar-refractivity contribution is -0.151. The molecule has 0 spiro atoms. The number of aliphatic imine (C=N–C) groups is 1. The molecule has 3 amide bonds. The van der Waals surface area contributed by atoms with Crippen LogP contribution in [0.2, 0.25) is 0 Å². The zero-order valence-corrected chi connectivity index (χ0v) is 23.8. The van der Waals surface area contributed by atoms with Crippen molar-refractivity contribution in [3.05, 3.63) is 42.1 Å². The molecule has 0 aliphatic carbocycles. The van der Waals surface area contributed by atoms with Crippen molar-refractivity contribution in [2.24, 2.45) is 4.99 Å². The Kier molecular flexibility index (Phi) is 9.64. The van der Waals surface area contributed by atoms with Crippen molar-refractivity contribution < 1.29 is 19.2 Å². The minimum atomic E-state index is -1.17. The number of aliphatic hydroxyl groups is 1. The summed E-state index contributed by atoms with van der Waals surface area (Å²) in [6, 6.07) is 5.75. The Labute approximate surface area is 235 Å². The highest BCUT2D eigenvalue weighted by atomic mass is 19.2. The SMILES string of the molecule is CCCCCN1C(=O)C2N(N(CC)CCO)C(CC3C=CNN3F)=NC2(CC)N(CCc2ccc(N)cc2)C1=O. The van der Waals surface area contributed by atoms with Gasteiger partial charge in [-0.2, -0.15) is 0 Å². The van der Waals surface area contributed by atoms with E-state index in [9.17, 15) is 19.2 Å². The van der Waals surface area contributed by atoms with Gasteiger partial charge in [-0.1, -0.05) is 51.0 Å². The van der Waals surface area contributed by atoms with Gasteiger partial charge in [0.25, 0.3) is 5.91 Å². The smallest absolute Gasteiger partial charge is 0.328 e. The molecule has 3 aliphatic rings. The van der Waals surface area contributed by atoms with Gasteiger partial charge in [-0.15, -0.1) is 4.48 Å². The largest absolute Gasteiger partial charge is 0.399 e. The maximum absolute atomic E-state index is 14.5. The Balaban J connectivity index is 1.77. The number of rotatable bonds is 14. The number of carbonyl (C=O) groups excluding carboxylic acids is 2. The van der Waals surface area contributed by atoms with E-state index in [4.69, 9.17) is 10.7 Å². The van der Waals surface area contributed by atoms with E-state index in [1.807, 2.05) is 48.1 Å².